The molecule has 0 saturated heterocycles. The van der Waals surface area contributed by atoms with E-state index >= 15 is 0 Å². The van der Waals surface area contributed by atoms with Crippen LogP contribution in [0.1, 0.15) is 0 Å². The van der Waals surface area contributed by atoms with E-state index in [0.717, 1.165) is 0 Å². The van der Waals surface area contributed by atoms with Crippen molar-refractivity contribution >= 4 is 5.69 Å². The second-order valence-corrected chi connectivity index (χ2v) is 3.46. The summed E-state index contributed by atoms with van der Waals surface area (Å²) in [5.74, 6) is 0.0829. The molecule has 0 heterocycles. The van der Waals surface area contributed by atoms with Crippen molar-refractivity contribution in [2.45, 2.75) is 12.7 Å². The van der Waals surface area contributed by atoms with Crippen LogP contribution in [0.3, 0.4) is 0 Å². The Kier molecular flexibility index (Phi) is 5.60. The molecule has 1 aromatic rings. The minimum absolute atomic E-state index is 0.0687. The lowest BCUT2D eigenvalue weighted by atomic mass is 10.2. The average Bonchev–Trinajstić information content (AvgIpc) is 2.36. The standard InChI is InChI=1S/C11H15F2NO4/c1-17-10-4-7(14-5-8(16)6-15)2-3-9(10)18-11(12)13/h2-4,8,11,14-16H,5-6H2,1H3. The molecule has 5 nitrogen and oxygen atoms in total. The van der Waals surface area contributed by atoms with Crippen LogP contribution in [0, 0.1) is 0 Å². The molecular weight excluding hydrogens is 248 g/mol. The van der Waals surface area contributed by atoms with Gasteiger partial charge in [0.2, 0.25) is 0 Å². The lowest BCUT2D eigenvalue weighted by Crippen LogP contribution is -2.22. The zero-order chi connectivity index (χ0) is 13.5. The van der Waals surface area contributed by atoms with E-state index in [2.05, 4.69) is 10.1 Å². The molecular formula is C11H15F2NO4. The molecule has 18 heavy (non-hydrogen) atoms. The summed E-state index contributed by atoms with van der Waals surface area (Å²) in [6, 6.07) is 4.30. The Morgan fingerprint density at radius 2 is 2.06 bits per heavy atom. The third-order valence-corrected chi connectivity index (χ3v) is 2.13. The molecule has 3 N–H and O–H groups in total. The molecule has 0 amide bonds. The number of hydrogen-bond donors (Lipinski definition) is 3. The number of rotatable bonds is 7. The smallest absolute Gasteiger partial charge is 0.387 e. The Balaban J connectivity index is 2.72. The van der Waals surface area contributed by atoms with Gasteiger partial charge < -0.3 is 25.0 Å². The maximum Gasteiger partial charge on any atom is 0.387 e. The highest BCUT2D eigenvalue weighted by Gasteiger charge is 2.11. The number of alkyl halides is 2. The number of ether oxygens (including phenoxy) is 2. The summed E-state index contributed by atoms with van der Waals surface area (Å²) >= 11 is 0. The Morgan fingerprint density at radius 1 is 1.33 bits per heavy atom. The van der Waals surface area contributed by atoms with E-state index in [9.17, 15) is 8.78 Å². The third-order valence-electron chi connectivity index (χ3n) is 2.13. The fraction of sp³-hybridized carbons (Fsp3) is 0.455. The maximum absolute atomic E-state index is 12.1. The van der Waals surface area contributed by atoms with Gasteiger partial charge in [-0.05, 0) is 12.1 Å². The van der Waals surface area contributed by atoms with Gasteiger partial charge in [-0.15, -0.1) is 0 Å². The zero-order valence-corrected chi connectivity index (χ0v) is 9.77. The number of methoxy groups -OCH3 is 1. The molecule has 0 aliphatic rings. The van der Waals surface area contributed by atoms with Gasteiger partial charge in [0.05, 0.1) is 19.8 Å². The quantitative estimate of drug-likeness (QED) is 0.686. The number of benzene rings is 1. The van der Waals surface area contributed by atoms with E-state index in [4.69, 9.17) is 14.9 Å². The predicted molar refractivity (Wildman–Crippen MR) is 61.2 cm³/mol. The van der Waals surface area contributed by atoms with Gasteiger partial charge in [0.25, 0.3) is 0 Å². The number of nitrogens with one attached hydrogen (secondary N) is 1. The summed E-state index contributed by atoms with van der Waals surface area (Å²) in [5, 5.41) is 20.6. The molecule has 0 aromatic heterocycles. The maximum atomic E-state index is 12.1. The minimum Gasteiger partial charge on any atom is -0.493 e. The summed E-state index contributed by atoms with van der Waals surface area (Å²) < 4.78 is 33.3. The molecule has 0 bridgehead atoms. The van der Waals surface area contributed by atoms with Crippen molar-refractivity contribution in [1.82, 2.24) is 0 Å². The molecule has 1 unspecified atom stereocenters. The first-order chi connectivity index (χ1) is 8.56. The van der Waals surface area contributed by atoms with Gasteiger partial charge in [-0.3, -0.25) is 0 Å². The van der Waals surface area contributed by atoms with E-state index in [-0.39, 0.29) is 24.7 Å². The SMILES string of the molecule is COc1cc(NCC(O)CO)ccc1OC(F)F. The van der Waals surface area contributed by atoms with Crippen LogP contribution >= 0.6 is 0 Å². The minimum atomic E-state index is -2.92. The van der Waals surface area contributed by atoms with Gasteiger partial charge in [-0.2, -0.15) is 8.78 Å². The summed E-state index contributed by atoms with van der Waals surface area (Å²) in [5.41, 5.74) is 0.556. The van der Waals surface area contributed by atoms with Crippen LogP contribution in [0.4, 0.5) is 14.5 Å². The summed E-state index contributed by atoms with van der Waals surface area (Å²) in [6.07, 6.45) is -0.895. The van der Waals surface area contributed by atoms with Crippen molar-refractivity contribution in [3.05, 3.63) is 18.2 Å². The third kappa shape index (κ3) is 4.34. The van der Waals surface area contributed by atoms with Crippen molar-refractivity contribution in [3.63, 3.8) is 0 Å². The fourth-order valence-electron chi connectivity index (χ4n) is 1.27. The van der Waals surface area contributed by atoms with Gasteiger partial charge in [0.15, 0.2) is 11.5 Å². The molecule has 0 saturated carbocycles. The highest BCUT2D eigenvalue weighted by Crippen LogP contribution is 2.31. The first kappa shape index (κ1) is 14.5. The monoisotopic (exact) mass is 263 g/mol. The number of hydrogen-bond acceptors (Lipinski definition) is 5. The van der Waals surface area contributed by atoms with Crippen LogP contribution in [-0.4, -0.2) is 43.2 Å². The van der Waals surface area contributed by atoms with Gasteiger partial charge in [-0.1, -0.05) is 0 Å². The number of aliphatic hydroxyl groups excluding tert-OH is 2. The van der Waals surface area contributed by atoms with Gasteiger partial charge in [0.1, 0.15) is 0 Å². The Hall–Kier alpha value is -1.60. The van der Waals surface area contributed by atoms with Gasteiger partial charge >= 0.3 is 6.61 Å². The van der Waals surface area contributed by atoms with Gasteiger partial charge in [-0.25, -0.2) is 0 Å². The van der Waals surface area contributed by atoms with Crippen molar-refractivity contribution in [3.8, 4) is 11.5 Å². The summed E-state index contributed by atoms with van der Waals surface area (Å²) in [7, 11) is 1.33. The molecule has 1 rings (SSSR count). The van der Waals surface area contributed by atoms with Crippen LogP contribution < -0.4 is 14.8 Å². The van der Waals surface area contributed by atoms with E-state index in [1.165, 1.54) is 25.3 Å². The van der Waals surface area contributed by atoms with Crippen molar-refractivity contribution in [1.29, 1.82) is 0 Å². The number of anilines is 1. The van der Waals surface area contributed by atoms with Crippen LogP contribution in [0.2, 0.25) is 0 Å². The zero-order valence-electron chi connectivity index (χ0n) is 9.77. The largest absolute Gasteiger partial charge is 0.493 e. The summed E-state index contributed by atoms with van der Waals surface area (Å²) in [4.78, 5) is 0. The number of halogens is 2. The van der Waals surface area contributed by atoms with Gasteiger partial charge in [0, 0.05) is 18.3 Å². The second-order valence-electron chi connectivity index (χ2n) is 3.46. The second kappa shape index (κ2) is 6.97. The molecule has 0 radical (unpaired) electrons. The molecule has 0 spiro atoms. The molecule has 0 aliphatic heterocycles. The van der Waals surface area contributed by atoms with Crippen LogP contribution in [0.25, 0.3) is 0 Å². The highest BCUT2D eigenvalue weighted by molar-refractivity contribution is 5.54. The van der Waals surface area contributed by atoms with E-state index < -0.39 is 12.7 Å². The lowest BCUT2D eigenvalue weighted by molar-refractivity contribution is -0.0512. The highest BCUT2D eigenvalue weighted by atomic mass is 19.3. The Labute approximate surface area is 103 Å². The fourth-order valence-corrected chi connectivity index (χ4v) is 1.27. The molecule has 102 valence electrons. The van der Waals surface area contributed by atoms with E-state index in [1.54, 1.807) is 0 Å². The van der Waals surface area contributed by atoms with Crippen molar-refractivity contribution in [2.75, 3.05) is 25.6 Å². The number of aliphatic hydroxyl groups is 2. The first-order valence-corrected chi connectivity index (χ1v) is 5.22. The van der Waals surface area contributed by atoms with E-state index in [1.807, 2.05) is 0 Å². The predicted octanol–water partition coefficient (Wildman–Crippen LogP) is 1.06. The van der Waals surface area contributed by atoms with Crippen LogP contribution in [-0.2, 0) is 0 Å². The summed E-state index contributed by atoms with van der Waals surface area (Å²) in [6.45, 7) is -3.15. The van der Waals surface area contributed by atoms with Crippen molar-refractivity contribution < 1.29 is 28.5 Å². The van der Waals surface area contributed by atoms with Crippen molar-refractivity contribution in [2.24, 2.45) is 0 Å². The molecule has 1 aromatic carbocycles. The molecule has 0 aliphatic carbocycles. The first-order valence-electron chi connectivity index (χ1n) is 5.22. The molecule has 1 atom stereocenters. The topological polar surface area (TPSA) is 71.0 Å². The normalized spacial score (nSPS) is 12.3. The molecule has 7 heteroatoms. The Bertz CT molecular complexity index is 376. The lowest BCUT2D eigenvalue weighted by Gasteiger charge is -2.13. The Morgan fingerprint density at radius 3 is 2.61 bits per heavy atom. The van der Waals surface area contributed by atoms with E-state index in [0.29, 0.717) is 5.69 Å². The average molecular weight is 263 g/mol. The molecule has 0 fully saturated rings. The van der Waals surface area contributed by atoms with Crippen LogP contribution in [0.5, 0.6) is 11.5 Å². The van der Waals surface area contributed by atoms with Crippen LogP contribution in [0.15, 0.2) is 18.2 Å².